The van der Waals surface area contributed by atoms with E-state index in [9.17, 15) is 9.59 Å². The molecule has 2 amide bonds. The maximum absolute atomic E-state index is 12.7. The maximum atomic E-state index is 12.7. The van der Waals surface area contributed by atoms with Crippen molar-refractivity contribution < 1.29 is 14.3 Å². The summed E-state index contributed by atoms with van der Waals surface area (Å²) in [4.78, 5) is 33.2. The van der Waals surface area contributed by atoms with Crippen LogP contribution in [-0.2, 0) is 27.2 Å². The van der Waals surface area contributed by atoms with Crippen LogP contribution in [0.1, 0.15) is 37.4 Å². The molecule has 142 valence electrons. The number of thiazole rings is 1. The Morgan fingerprint density at radius 3 is 2.77 bits per heavy atom. The van der Waals surface area contributed by atoms with E-state index in [2.05, 4.69) is 11.9 Å². The van der Waals surface area contributed by atoms with Gasteiger partial charge in [-0.25, -0.2) is 4.98 Å². The first-order chi connectivity index (χ1) is 12.5. The summed E-state index contributed by atoms with van der Waals surface area (Å²) in [7, 11) is 0. The van der Waals surface area contributed by atoms with E-state index in [0.717, 1.165) is 56.2 Å². The number of carbonyl (C=O) groups is 2. The predicted octanol–water partition coefficient (Wildman–Crippen LogP) is 1.73. The summed E-state index contributed by atoms with van der Waals surface area (Å²) in [5.41, 5.74) is 1.02. The minimum atomic E-state index is 0.125. The van der Waals surface area contributed by atoms with Gasteiger partial charge >= 0.3 is 0 Å². The number of ether oxygens (including phenoxy) is 1. The van der Waals surface area contributed by atoms with Crippen molar-refractivity contribution in [2.45, 2.75) is 45.6 Å². The Labute approximate surface area is 158 Å². The fourth-order valence-corrected chi connectivity index (χ4v) is 5.69. The Bertz CT molecular complexity index is 696. The summed E-state index contributed by atoms with van der Waals surface area (Å²) in [6.07, 6.45) is 3.25. The second-order valence-corrected chi connectivity index (χ2v) is 8.81. The van der Waals surface area contributed by atoms with E-state index >= 15 is 0 Å². The van der Waals surface area contributed by atoms with Gasteiger partial charge in [-0.1, -0.05) is 6.92 Å². The topological polar surface area (TPSA) is 62.7 Å². The Kier molecular flexibility index (Phi) is 4.77. The van der Waals surface area contributed by atoms with Crippen molar-refractivity contribution in [3.05, 3.63) is 16.1 Å². The van der Waals surface area contributed by atoms with Gasteiger partial charge in [-0.2, -0.15) is 0 Å². The van der Waals surface area contributed by atoms with E-state index in [1.807, 2.05) is 15.2 Å². The van der Waals surface area contributed by atoms with Crippen LogP contribution in [0.25, 0.3) is 0 Å². The summed E-state index contributed by atoms with van der Waals surface area (Å²) < 4.78 is 5.70. The normalized spacial score (nSPS) is 27.2. The second kappa shape index (κ2) is 6.93. The van der Waals surface area contributed by atoms with Gasteiger partial charge in [0.25, 0.3) is 0 Å². The lowest BCUT2D eigenvalue weighted by atomic mass is 9.70. The van der Waals surface area contributed by atoms with E-state index in [-0.39, 0.29) is 23.3 Å². The van der Waals surface area contributed by atoms with Crippen molar-refractivity contribution in [1.82, 2.24) is 14.8 Å². The van der Waals surface area contributed by atoms with Crippen LogP contribution in [0, 0.1) is 11.3 Å². The minimum absolute atomic E-state index is 0.125. The molecule has 3 saturated heterocycles. The van der Waals surface area contributed by atoms with Gasteiger partial charge in [-0.05, 0) is 24.7 Å². The van der Waals surface area contributed by atoms with Crippen molar-refractivity contribution in [3.8, 4) is 0 Å². The molecule has 3 aliphatic heterocycles. The van der Waals surface area contributed by atoms with Gasteiger partial charge in [-0.15, -0.1) is 11.3 Å². The molecular weight excluding hydrogens is 350 g/mol. The van der Waals surface area contributed by atoms with Crippen LogP contribution in [0.2, 0.25) is 0 Å². The number of aromatic nitrogens is 1. The van der Waals surface area contributed by atoms with Crippen LogP contribution >= 0.6 is 11.3 Å². The number of rotatable bonds is 3. The Balaban J connectivity index is 1.39. The smallest absolute Gasteiger partial charge is 0.228 e. The molecule has 1 spiro atoms. The van der Waals surface area contributed by atoms with E-state index in [1.54, 1.807) is 18.3 Å². The molecule has 2 atom stereocenters. The molecule has 0 unspecified atom stereocenters. The third-order valence-electron chi connectivity index (χ3n) is 6.47. The number of piperidine rings is 1. The third-order valence-corrected chi connectivity index (χ3v) is 7.52. The van der Waals surface area contributed by atoms with Crippen LogP contribution in [0.3, 0.4) is 0 Å². The van der Waals surface area contributed by atoms with Gasteiger partial charge in [0.05, 0.1) is 36.4 Å². The van der Waals surface area contributed by atoms with Crippen LogP contribution in [-0.4, -0.2) is 65.5 Å². The molecule has 0 bridgehead atoms. The number of hydrogen-bond acceptors (Lipinski definition) is 5. The number of nitrogens with zero attached hydrogens (tertiary/aromatic N) is 3. The molecule has 3 fully saturated rings. The summed E-state index contributed by atoms with van der Waals surface area (Å²) in [5, 5.41) is 3.10. The molecule has 0 aliphatic carbocycles. The average molecular weight is 378 g/mol. The first kappa shape index (κ1) is 17.9. The lowest BCUT2D eigenvalue weighted by Gasteiger charge is -2.42. The highest BCUT2D eigenvalue weighted by Gasteiger charge is 2.56. The molecule has 6 nitrogen and oxygen atoms in total. The predicted molar refractivity (Wildman–Crippen MR) is 98.9 cm³/mol. The highest BCUT2D eigenvalue weighted by Crippen LogP contribution is 2.50. The fourth-order valence-electron chi connectivity index (χ4n) is 4.94. The molecular formula is C19H27N3O3S. The highest BCUT2D eigenvalue weighted by molar-refractivity contribution is 7.09. The minimum Gasteiger partial charge on any atom is -0.379 e. The van der Waals surface area contributed by atoms with E-state index in [4.69, 9.17) is 4.74 Å². The number of amides is 2. The molecule has 1 aromatic heterocycles. The monoisotopic (exact) mass is 377 g/mol. The molecule has 1 aromatic rings. The zero-order valence-electron chi connectivity index (χ0n) is 15.6. The van der Waals surface area contributed by atoms with Crippen LogP contribution in [0.5, 0.6) is 0 Å². The lowest BCUT2D eigenvalue weighted by Crippen LogP contribution is -2.47. The van der Waals surface area contributed by atoms with Crippen molar-refractivity contribution in [2.75, 3.05) is 32.8 Å². The van der Waals surface area contributed by atoms with Gasteiger partial charge in [0.2, 0.25) is 11.8 Å². The molecule has 0 aromatic carbocycles. The van der Waals surface area contributed by atoms with Crippen LogP contribution in [0.4, 0.5) is 0 Å². The van der Waals surface area contributed by atoms with Crippen molar-refractivity contribution >= 4 is 23.2 Å². The molecule has 3 aliphatic rings. The highest BCUT2D eigenvalue weighted by atomic mass is 32.1. The van der Waals surface area contributed by atoms with Crippen molar-refractivity contribution in [3.63, 3.8) is 0 Å². The van der Waals surface area contributed by atoms with Crippen molar-refractivity contribution in [2.24, 2.45) is 11.3 Å². The summed E-state index contributed by atoms with van der Waals surface area (Å²) >= 11 is 1.63. The first-order valence-corrected chi connectivity index (χ1v) is 10.5. The molecule has 7 heteroatoms. The van der Waals surface area contributed by atoms with Gasteiger partial charge < -0.3 is 14.5 Å². The van der Waals surface area contributed by atoms with Crippen LogP contribution < -0.4 is 0 Å². The number of carbonyl (C=O) groups excluding carboxylic acids is 2. The Hall–Kier alpha value is -1.47. The lowest BCUT2D eigenvalue weighted by molar-refractivity contribution is -0.134. The third kappa shape index (κ3) is 3.05. The Morgan fingerprint density at radius 1 is 1.35 bits per heavy atom. The summed E-state index contributed by atoms with van der Waals surface area (Å²) in [5.74, 6) is 0.749. The molecule has 4 rings (SSSR count). The van der Waals surface area contributed by atoms with E-state index in [0.29, 0.717) is 18.9 Å². The maximum Gasteiger partial charge on any atom is 0.228 e. The molecule has 0 saturated carbocycles. The standard InChI is InChI=1S/C19H27N3O3S/c1-3-17-20-14(11-26-17)8-18(24)21-6-4-19(5-7-21)12-22(13(2)23)16-10-25-9-15(16)19/h11,15-16H,3-10,12H2,1-2H3/t15-,16+/m0/s1. The Morgan fingerprint density at radius 2 is 2.12 bits per heavy atom. The second-order valence-electron chi connectivity index (χ2n) is 7.86. The number of aryl methyl sites for hydroxylation is 1. The van der Waals surface area contributed by atoms with Crippen molar-refractivity contribution in [1.29, 1.82) is 0 Å². The van der Waals surface area contributed by atoms with Gasteiger partial charge in [0.1, 0.15) is 0 Å². The summed E-state index contributed by atoms with van der Waals surface area (Å²) in [6, 6.07) is 0.234. The number of likely N-dealkylation sites (tertiary alicyclic amines) is 2. The SMILES string of the molecule is CCc1nc(CC(=O)N2CCC3(CC2)CN(C(C)=O)[C@@H]2COC[C@@H]23)cs1. The fraction of sp³-hybridized carbons (Fsp3) is 0.737. The zero-order chi connectivity index (χ0) is 18.3. The summed E-state index contributed by atoms with van der Waals surface area (Å²) in [6.45, 7) is 7.54. The zero-order valence-corrected chi connectivity index (χ0v) is 16.4. The van der Waals surface area contributed by atoms with Gasteiger partial charge in [-0.3, -0.25) is 9.59 Å². The van der Waals surface area contributed by atoms with Gasteiger partial charge in [0.15, 0.2) is 0 Å². The van der Waals surface area contributed by atoms with Gasteiger partial charge in [0, 0.05) is 37.9 Å². The average Bonchev–Trinajstić information content (AvgIpc) is 3.33. The quantitative estimate of drug-likeness (QED) is 0.805. The molecule has 26 heavy (non-hydrogen) atoms. The molecule has 4 heterocycles. The largest absolute Gasteiger partial charge is 0.379 e. The van der Waals surface area contributed by atoms with Crippen LogP contribution in [0.15, 0.2) is 5.38 Å². The number of hydrogen-bond donors (Lipinski definition) is 0. The van der Waals surface area contributed by atoms with E-state index < -0.39 is 0 Å². The molecule has 0 N–H and O–H groups in total. The van der Waals surface area contributed by atoms with E-state index in [1.165, 1.54) is 0 Å². The number of fused-ring (bicyclic) bond motifs is 2. The first-order valence-electron chi connectivity index (χ1n) is 9.58. The molecule has 0 radical (unpaired) electrons.